The Morgan fingerprint density at radius 1 is 0.632 bits per heavy atom. The largest absolute Gasteiger partial charge is 0.512 e. The van der Waals surface area contributed by atoms with Crippen LogP contribution in [0.25, 0.3) is 27.8 Å². The first-order chi connectivity index (χ1) is 18.4. The van der Waals surface area contributed by atoms with Gasteiger partial charge in [0.2, 0.25) is 0 Å². The standard InChI is InChI=1S/C34H32O4/c1-2-22-11-13-23(14-12-22)17-24-18-26(36)21-34(38)32(19-24)30-10-6-4-8-28(30)27-7-3-5-9-29(27)31-16-15-25(35)20-33(31)37/h3-16,20-21,24,35-38H,2,17-19H2,1H3/t24-/m0/s1. The molecule has 0 unspecified atom stereocenters. The molecule has 0 saturated carbocycles. The van der Waals surface area contributed by atoms with Crippen LogP contribution in [0.3, 0.4) is 0 Å². The van der Waals surface area contributed by atoms with E-state index in [0.717, 1.165) is 40.7 Å². The molecule has 1 atom stereocenters. The van der Waals surface area contributed by atoms with Crippen LogP contribution in [0.1, 0.15) is 36.5 Å². The lowest BCUT2D eigenvalue weighted by molar-refractivity contribution is 0.349. The number of allylic oxidation sites excluding steroid dienone is 3. The number of phenols is 2. The van der Waals surface area contributed by atoms with E-state index in [1.807, 2.05) is 48.5 Å². The number of phenolic OH excluding ortho intramolecular Hbond substituents is 2. The van der Waals surface area contributed by atoms with Crippen LogP contribution >= 0.6 is 0 Å². The summed E-state index contributed by atoms with van der Waals surface area (Å²) >= 11 is 0. The summed E-state index contributed by atoms with van der Waals surface area (Å²) in [4.78, 5) is 0. The maximum Gasteiger partial charge on any atom is 0.127 e. The van der Waals surface area contributed by atoms with Crippen molar-refractivity contribution in [3.63, 3.8) is 0 Å². The van der Waals surface area contributed by atoms with Gasteiger partial charge in [-0.05, 0) is 70.7 Å². The summed E-state index contributed by atoms with van der Waals surface area (Å²) in [5.74, 6) is 0.360. The first kappa shape index (κ1) is 25.2. The van der Waals surface area contributed by atoms with Gasteiger partial charge in [0.25, 0.3) is 0 Å². The predicted octanol–water partition coefficient (Wildman–Crippen LogP) is 8.36. The zero-order valence-corrected chi connectivity index (χ0v) is 21.4. The fourth-order valence-corrected chi connectivity index (χ4v) is 5.38. The van der Waals surface area contributed by atoms with Gasteiger partial charge in [-0.15, -0.1) is 0 Å². The van der Waals surface area contributed by atoms with Gasteiger partial charge >= 0.3 is 0 Å². The molecule has 5 rings (SSSR count). The second-order valence-corrected chi connectivity index (χ2v) is 9.94. The molecule has 1 aliphatic rings. The van der Waals surface area contributed by atoms with Gasteiger partial charge in [-0.25, -0.2) is 0 Å². The minimum Gasteiger partial charge on any atom is -0.512 e. The summed E-state index contributed by atoms with van der Waals surface area (Å²) in [6.45, 7) is 2.14. The number of aliphatic hydroxyl groups excluding tert-OH is 2. The van der Waals surface area contributed by atoms with Crippen molar-refractivity contribution in [3.8, 4) is 33.8 Å². The molecule has 0 saturated heterocycles. The molecule has 0 spiro atoms. The van der Waals surface area contributed by atoms with E-state index in [1.54, 1.807) is 12.1 Å². The predicted molar refractivity (Wildman–Crippen MR) is 153 cm³/mol. The van der Waals surface area contributed by atoms with Crippen LogP contribution in [-0.4, -0.2) is 20.4 Å². The van der Waals surface area contributed by atoms with Crippen molar-refractivity contribution in [3.05, 3.63) is 125 Å². The Hall–Kier alpha value is -4.44. The second kappa shape index (κ2) is 10.9. The van der Waals surface area contributed by atoms with E-state index < -0.39 is 0 Å². The van der Waals surface area contributed by atoms with Crippen LogP contribution in [0.2, 0.25) is 0 Å². The Morgan fingerprint density at radius 2 is 1.21 bits per heavy atom. The van der Waals surface area contributed by atoms with Gasteiger partial charge in [0.15, 0.2) is 0 Å². The number of hydrogen-bond donors (Lipinski definition) is 4. The van der Waals surface area contributed by atoms with Crippen LogP contribution < -0.4 is 0 Å². The maximum absolute atomic E-state index is 11.1. The third kappa shape index (κ3) is 5.30. The molecule has 0 fully saturated rings. The van der Waals surface area contributed by atoms with Gasteiger partial charge in [0, 0.05) is 29.7 Å². The Kier molecular flexibility index (Phi) is 7.23. The third-order valence-electron chi connectivity index (χ3n) is 7.30. The van der Waals surface area contributed by atoms with Crippen molar-refractivity contribution < 1.29 is 20.4 Å². The highest BCUT2D eigenvalue weighted by Crippen LogP contribution is 2.43. The van der Waals surface area contributed by atoms with Crippen molar-refractivity contribution in [1.82, 2.24) is 0 Å². The first-order valence-corrected chi connectivity index (χ1v) is 13.0. The Bertz CT molecular complexity index is 1510. The van der Waals surface area contributed by atoms with E-state index in [1.165, 1.54) is 23.3 Å². The number of rotatable bonds is 6. The maximum atomic E-state index is 11.1. The van der Waals surface area contributed by atoms with Gasteiger partial charge in [0.05, 0.1) is 5.76 Å². The van der Waals surface area contributed by atoms with Gasteiger partial charge in [-0.2, -0.15) is 0 Å². The lowest BCUT2D eigenvalue weighted by atomic mass is 9.84. The number of aromatic hydroxyl groups is 2. The van der Waals surface area contributed by atoms with Gasteiger partial charge in [-0.1, -0.05) is 79.7 Å². The average Bonchev–Trinajstić information content (AvgIpc) is 3.06. The van der Waals surface area contributed by atoms with Gasteiger partial charge < -0.3 is 20.4 Å². The highest BCUT2D eigenvalue weighted by molar-refractivity contribution is 5.92. The first-order valence-electron chi connectivity index (χ1n) is 13.0. The van der Waals surface area contributed by atoms with E-state index in [0.29, 0.717) is 18.4 Å². The zero-order chi connectivity index (χ0) is 26.6. The van der Waals surface area contributed by atoms with Crippen molar-refractivity contribution >= 4 is 5.57 Å². The summed E-state index contributed by atoms with van der Waals surface area (Å²) in [5, 5.41) is 42.1. The van der Waals surface area contributed by atoms with E-state index in [2.05, 4.69) is 31.2 Å². The van der Waals surface area contributed by atoms with E-state index in [-0.39, 0.29) is 28.9 Å². The molecule has 4 nitrogen and oxygen atoms in total. The van der Waals surface area contributed by atoms with Crippen LogP contribution in [0, 0.1) is 5.92 Å². The molecule has 192 valence electrons. The van der Waals surface area contributed by atoms with Crippen molar-refractivity contribution in [1.29, 1.82) is 0 Å². The van der Waals surface area contributed by atoms with Crippen LogP contribution in [0.4, 0.5) is 0 Å². The van der Waals surface area contributed by atoms with Gasteiger partial charge in [0.1, 0.15) is 17.3 Å². The molecular weight excluding hydrogens is 472 g/mol. The van der Waals surface area contributed by atoms with E-state index in [4.69, 9.17) is 0 Å². The highest BCUT2D eigenvalue weighted by atomic mass is 16.3. The Balaban J connectivity index is 1.56. The summed E-state index contributed by atoms with van der Waals surface area (Å²) < 4.78 is 0. The Morgan fingerprint density at radius 3 is 1.84 bits per heavy atom. The molecule has 4 aromatic rings. The van der Waals surface area contributed by atoms with Gasteiger partial charge in [-0.3, -0.25) is 0 Å². The number of aryl methyl sites for hydroxylation is 1. The van der Waals surface area contributed by atoms with Crippen molar-refractivity contribution in [2.24, 2.45) is 5.92 Å². The lowest BCUT2D eigenvalue weighted by Crippen LogP contribution is -2.07. The normalized spacial score (nSPS) is 15.7. The molecular formula is C34H32O4. The van der Waals surface area contributed by atoms with Crippen LogP contribution in [0.15, 0.2) is 109 Å². The topological polar surface area (TPSA) is 80.9 Å². The number of aliphatic hydroxyl groups is 2. The third-order valence-corrected chi connectivity index (χ3v) is 7.30. The summed E-state index contributed by atoms with van der Waals surface area (Å²) in [6, 6.07) is 28.9. The quantitative estimate of drug-likeness (QED) is 0.213. The minimum atomic E-state index is -0.00604. The fraction of sp³-hybridized carbons (Fsp3) is 0.176. The van der Waals surface area contributed by atoms with Crippen LogP contribution in [0.5, 0.6) is 11.5 Å². The average molecular weight is 505 g/mol. The molecule has 38 heavy (non-hydrogen) atoms. The molecule has 0 heterocycles. The molecule has 0 bridgehead atoms. The summed E-state index contributed by atoms with van der Waals surface area (Å²) in [6.07, 6.45) is 4.35. The molecule has 1 aliphatic carbocycles. The van der Waals surface area contributed by atoms with Crippen molar-refractivity contribution in [2.75, 3.05) is 0 Å². The monoisotopic (exact) mass is 504 g/mol. The number of hydrogen-bond acceptors (Lipinski definition) is 4. The summed E-state index contributed by atoms with van der Waals surface area (Å²) in [5.41, 5.74) is 7.41. The fourth-order valence-electron chi connectivity index (χ4n) is 5.38. The minimum absolute atomic E-state index is 0.000338. The molecule has 4 aromatic carbocycles. The molecule has 0 aromatic heterocycles. The molecule has 0 radical (unpaired) electrons. The van der Waals surface area contributed by atoms with E-state index in [9.17, 15) is 20.4 Å². The molecule has 0 aliphatic heterocycles. The summed E-state index contributed by atoms with van der Waals surface area (Å²) in [7, 11) is 0. The lowest BCUT2D eigenvalue weighted by Gasteiger charge is -2.20. The molecule has 4 heteroatoms. The van der Waals surface area contributed by atoms with E-state index >= 15 is 0 Å². The highest BCUT2D eigenvalue weighted by Gasteiger charge is 2.24. The second-order valence-electron chi connectivity index (χ2n) is 9.94. The zero-order valence-electron chi connectivity index (χ0n) is 21.4. The van der Waals surface area contributed by atoms with Crippen LogP contribution in [-0.2, 0) is 12.8 Å². The molecule has 0 amide bonds. The Labute approximate surface area is 223 Å². The smallest absolute Gasteiger partial charge is 0.127 e. The SMILES string of the molecule is CCc1ccc(C[C@H]2CC(O)=CC(O)=C(c3ccccc3-c3ccccc3-c3ccc(O)cc3O)C2)cc1. The van der Waals surface area contributed by atoms with Crippen molar-refractivity contribution in [2.45, 2.75) is 32.6 Å². The number of benzene rings is 4. The molecule has 4 N–H and O–H groups in total.